The Labute approximate surface area is 116 Å². The Hall–Kier alpha value is -2.01. The van der Waals surface area contributed by atoms with Crippen molar-refractivity contribution in [2.45, 2.75) is 18.9 Å². The number of aliphatic hydroxyl groups excluding tert-OH is 1. The van der Waals surface area contributed by atoms with E-state index < -0.39 is 12.0 Å². The highest BCUT2D eigenvalue weighted by molar-refractivity contribution is 5.85. The van der Waals surface area contributed by atoms with Crippen LogP contribution < -0.4 is 4.74 Å². The van der Waals surface area contributed by atoms with Gasteiger partial charge >= 0.3 is 5.97 Å². The number of aryl methyl sites for hydroxylation is 1. The van der Waals surface area contributed by atoms with Crippen LogP contribution in [-0.2, 0) is 16.0 Å². The van der Waals surface area contributed by atoms with Crippen LogP contribution in [0.3, 0.4) is 0 Å². The van der Waals surface area contributed by atoms with Crippen molar-refractivity contribution in [1.29, 1.82) is 0 Å². The lowest BCUT2D eigenvalue weighted by molar-refractivity contribution is -0.150. The van der Waals surface area contributed by atoms with Gasteiger partial charge in [0.05, 0.1) is 26.2 Å². The Morgan fingerprint density at radius 3 is 2.90 bits per heavy atom. The van der Waals surface area contributed by atoms with E-state index in [1.54, 1.807) is 13.2 Å². The molecule has 2 aromatic rings. The number of hydrogen-bond donors (Lipinski definition) is 1. The molecular weight excluding hydrogens is 260 g/mol. The summed E-state index contributed by atoms with van der Waals surface area (Å²) in [4.78, 5) is 11.7. The van der Waals surface area contributed by atoms with E-state index in [-0.39, 0.29) is 5.97 Å². The molecule has 1 aromatic carbocycles. The molecule has 1 N–H and O–H groups in total. The molecule has 0 saturated carbocycles. The highest BCUT2D eigenvalue weighted by atomic mass is 16.5. The van der Waals surface area contributed by atoms with Gasteiger partial charge in [-0.15, -0.1) is 0 Å². The van der Waals surface area contributed by atoms with Gasteiger partial charge in [0.25, 0.3) is 0 Å². The van der Waals surface area contributed by atoms with E-state index >= 15 is 0 Å². The average Bonchev–Trinajstić information content (AvgIpc) is 2.84. The molecule has 0 fully saturated rings. The van der Waals surface area contributed by atoms with Crippen molar-refractivity contribution in [2.75, 3.05) is 14.2 Å². The Balaban J connectivity index is 2.09. The Morgan fingerprint density at radius 2 is 2.20 bits per heavy atom. The first-order chi connectivity index (χ1) is 9.65. The van der Waals surface area contributed by atoms with Crippen LogP contribution in [0, 0.1) is 5.92 Å². The van der Waals surface area contributed by atoms with Crippen LogP contribution >= 0.6 is 0 Å². The lowest BCUT2D eigenvalue weighted by atomic mass is 9.84. The van der Waals surface area contributed by atoms with Gasteiger partial charge in [-0.3, -0.25) is 4.79 Å². The molecule has 5 heteroatoms. The van der Waals surface area contributed by atoms with Crippen molar-refractivity contribution in [2.24, 2.45) is 5.92 Å². The molecular formula is C15H16O5. The van der Waals surface area contributed by atoms with Crippen LogP contribution in [0.25, 0.3) is 11.0 Å². The molecule has 0 spiro atoms. The van der Waals surface area contributed by atoms with E-state index in [1.165, 1.54) is 7.11 Å². The van der Waals surface area contributed by atoms with Gasteiger partial charge in [-0.05, 0) is 18.6 Å². The number of furan rings is 1. The van der Waals surface area contributed by atoms with Crippen molar-refractivity contribution in [3.63, 3.8) is 0 Å². The van der Waals surface area contributed by atoms with Crippen LogP contribution in [0.15, 0.2) is 22.6 Å². The molecule has 106 valence electrons. The van der Waals surface area contributed by atoms with Gasteiger partial charge in [-0.1, -0.05) is 0 Å². The summed E-state index contributed by atoms with van der Waals surface area (Å²) in [6.45, 7) is 0. The Kier molecular flexibility index (Phi) is 3.14. The Bertz CT molecular complexity index is 658. The molecule has 1 aromatic heterocycles. The normalized spacial score (nSPS) is 21.6. The zero-order chi connectivity index (χ0) is 14.3. The standard InChI is InChI=1S/C15H16O5/c1-18-8-3-4-9-12(7-8)20-11-6-5-10(15(17)19-2)14(16)13(9)11/h3-4,7,10,14,16H,5-6H2,1-2H3. The number of benzene rings is 1. The van der Waals surface area contributed by atoms with Gasteiger partial charge in [0, 0.05) is 23.4 Å². The molecule has 1 aliphatic rings. The Morgan fingerprint density at radius 1 is 1.40 bits per heavy atom. The topological polar surface area (TPSA) is 68.9 Å². The monoisotopic (exact) mass is 276 g/mol. The van der Waals surface area contributed by atoms with Gasteiger partial charge in [0.1, 0.15) is 17.1 Å². The van der Waals surface area contributed by atoms with E-state index in [2.05, 4.69) is 0 Å². The molecule has 2 atom stereocenters. The predicted octanol–water partition coefficient (Wildman–Crippen LogP) is 2.21. The number of fused-ring (bicyclic) bond motifs is 3. The maximum absolute atomic E-state index is 11.7. The van der Waals surface area contributed by atoms with Crippen molar-refractivity contribution in [1.82, 2.24) is 0 Å². The van der Waals surface area contributed by atoms with Crippen LogP contribution in [0.2, 0.25) is 0 Å². The summed E-state index contributed by atoms with van der Waals surface area (Å²) in [5, 5.41) is 11.3. The van der Waals surface area contributed by atoms with E-state index in [1.807, 2.05) is 12.1 Å². The lowest BCUT2D eigenvalue weighted by Crippen LogP contribution is -2.27. The fourth-order valence-corrected chi connectivity index (χ4v) is 2.83. The summed E-state index contributed by atoms with van der Waals surface area (Å²) in [6, 6.07) is 5.44. The molecule has 1 heterocycles. The van der Waals surface area contributed by atoms with Crippen molar-refractivity contribution in [3.8, 4) is 5.75 Å². The first kappa shape index (κ1) is 13.0. The number of aliphatic hydroxyl groups is 1. The van der Waals surface area contributed by atoms with Crippen LogP contribution in [-0.4, -0.2) is 25.3 Å². The third kappa shape index (κ3) is 1.86. The van der Waals surface area contributed by atoms with Crippen LogP contribution in [0.4, 0.5) is 0 Å². The largest absolute Gasteiger partial charge is 0.497 e. The van der Waals surface area contributed by atoms with Crippen LogP contribution in [0.1, 0.15) is 23.8 Å². The van der Waals surface area contributed by atoms with Crippen LogP contribution in [0.5, 0.6) is 5.75 Å². The van der Waals surface area contributed by atoms with E-state index in [0.29, 0.717) is 29.7 Å². The number of hydrogen-bond acceptors (Lipinski definition) is 5. The summed E-state index contributed by atoms with van der Waals surface area (Å²) in [7, 11) is 2.93. The molecule has 20 heavy (non-hydrogen) atoms. The average molecular weight is 276 g/mol. The van der Waals surface area contributed by atoms with Gasteiger partial charge in [-0.25, -0.2) is 0 Å². The van der Waals surface area contributed by atoms with E-state index in [4.69, 9.17) is 13.9 Å². The van der Waals surface area contributed by atoms with Crippen molar-refractivity contribution in [3.05, 3.63) is 29.5 Å². The maximum Gasteiger partial charge on any atom is 0.311 e. The maximum atomic E-state index is 11.7. The molecule has 3 rings (SSSR count). The second kappa shape index (κ2) is 4.83. The lowest BCUT2D eigenvalue weighted by Gasteiger charge is -2.25. The van der Waals surface area contributed by atoms with Gasteiger partial charge in [0.15, 0.2) is 0 Å². The van der Waals surface area contributed by atoms with E-state index in [9.17, 15) is 9.90 Å². The van der Waals surface area contributed by atoms with Gasteiger partial charge in [-0.2, -0.15) is 0 Å². The molecule has 0 radical (unpaired) electrons. The van der Waals surface area contributed by atoms with Crippen molar-refractivity contribution < 1.29 is 23.8 Å². The summed E-state index contributed by atoms with van der Waals surface area (Å²) < 4.78 is 15.7. The summed E-state index contributed by atoms with van der Waals surface area (Å²) in [6.07, 6.45) is 0.252. The highest BCUT2D eigenvalue weighted by Gasteiger charge is 2.37. The third-order valence-corrected chi connectivity index (χ3v) is 3.88. The summed E-state index contributed by atoms with van der Waals surface area (Å²) in [5.41, 5.74) is 1.36. The first-order valence-corrected chi connectivity index (χ1v) is 6.51. The number of methoxy groups -OCH3 is 2. The number of ether oxygens (including phenoxy) is 2. The zero-order valence-corrected chi connectivity index (χ0v) is 11.4. The zero-order valence-electron chi connectivity index (χ0n) is 11.4. The van der Waals surface area contributed by atoms with Gasteiger partial charge < -0.3 is 19.0 Å². The molecule has 1 aliphatic carbocycles. The SMILES string of the molecule is COC(=O)C1CCc2oc3cc(OC)ccc3c2C1O. The minimum absolute atomic E-state index is 0.383. The molecule has 5 nitrogen and oxygen atoms in total. The smallest absolute Gasteiger partial charge is 0.311 e. The van der Waals surface area contributed by atoms with E-state index in [0.717, 1.165) is 11.1 Å². The number of carbonyl (C=O) groups excluding carboxylic acids is 1. The third-order valence-electron chi connectivity index (χ3n) is 3.88. The fraction of sp³-hybridized carbons (Fsp3) is 0.400. The molecule has 0 bridgehead atoms. The van der Waals surface area contributed by atoms with Crippen molar-refractivity contribution >= 4 is 16.9 Å². The predicted molar refractivity (Wildman–Crippen MR) is 71.6 cm³/mol. The summed E-state index contributed by atoms with van der Waals surface area (Å²) in [5.74, 6) is 0.518. The number of esters is 1. The second-order valence-electron chi connectivity index (χ2n) is 4.91. The number of rotatable bonds is 2. The highest BCUT2D eigenvalue weighted by Crippen LogP contribution is 2.41. The molecule has 0 aliphatic heterocycles. The fourth-order valence-electron chi connectivity index (χ4n) is 2.83. The second-order valence-corrected chi connectivity index (χ2v) is 4.91. The first-order valence-electron chi connectivity index (χ1n) is 6.51. The quantitative estimate of drug-likeness (QED) is 0.852. The summed E-state index contributed by atoms with van der Waals surface area (Å²) >= 11 is 0. The van der Waals surface area contributed by atoms with Gasteiger partial charge in [0.2, 0.25) is 0 Å². The minimum Gasteiger partial charge on any atom is -0.497 e. The number of carbonyl (C=O) groups is 1. The molecule has 0 saturated heterocycles. The molecule has 0 amide bonds. The molecule has 2 unspecified atom stereocenters. The minimum atomic E-state index is -0.888.